The number of hydrogen-bond donors (Lipinski definition) is 1. The monoisotopic (exact) mass is 410 g/mol. The van der Waals surface area contributed by atoms with Crippen LogP contribution in [-0.4, -0.2) is 31.3 Å². The minimum Gasteiger partial charge on any atom is -0.360 e. The minimum atomic E-state index is -0.153. The molecule has 2 aromatic carbocycles. The molecule has 142 valence electrons. The molecule has 7 heteroatoms. The van der Waals surface area contributed by atoms with E-state index in [1.807, 2.05) is 30.5 Å². The highest BCUT2D eigenvalue weighted by atomic mass is 32.2. The number of para-hydroxylation sites is 1. The fraction of sp³-hybridized carbons (Fsp3) is 0.238. The molecule has 0 aliphatic heterocycles. The molecule has 0 unspecified atom stereocenters. The number of benzene rings is 2. The summed E-state index contributed by atoms with van der Waals surface area (Å²) in [5, 5.41) is 11.1. The van der Waals surface area contributed by atoms with E-state index in [2.05, 4.69) is 31.9 Å². The Morgan fingerprint density at radius 1 is 1.00 bits per heavy atom. The van der Waals surface area contributed by atoms with E-state index in [0.29, 0.717) is 10.9 Å². The predicted octanol–water partition coefficient (Wildman–Crippen LogP) is 5.78. The fourth-order valence-corrected chi connectivity index (χ4v) is 5.25. The van der Waals surface area contributed by atoms with Crippen LogP contribution in [0.5, 0.6) is 0 Å². The summed E-state index contributed by atoms with van der Waals surface area (Å²) in [5.41, 5.74) is 2.21. The lowest BCUT2D eigenvalue weighted by atomic mass is 10.1. The van der Waals surface area contributed by atoms with Crippen LogP contribution in [0.15, 0.2) is 64.8 Å². The molecule has 1 aliphatic carbocycles. The van der Waals surface area contributed by atoms with Crippen molar-refractivity contribution in [2.45, 2.75) is 28.9 Å². The quantitative estimate of drug-likeness (QED) is 0.310. The maximum Gasteiger partial charge on any atom is 0.191 e. The van der Waals surface area contributed by atoms with Crippen molar-refractivity contribution in [3.8, 4) is 11.4 Å². The van der Waals surface area contributed by atoms with Crippen molar-refractivity contribution in [2.75, 3.05) is 11.5 Å². The van der Waals surface area contributed by atoms with Gasteiger partial charge < -0.3 is 4.98 Å². The highest BCUT2D eigenvalue weighted by Gasteiger charge is 2.30. The lowest BCUT2D eigenvalue weighted by Crippen LogP contribution is -2.00. The molecule has 1 saturated carbocycles. The van der Waals surface area contributed by atoms with Crippen molar-refractivity contribution < 1.29 is 4.39 Å². The molecule has 1 fully saturated rings. The number of fused-ring (bicyclic) bond motifs is 1. The first-order valence-corrected chi connectivity index (χ1v) is 11.3. The van der Waals surface area contributed by atoms with Gasteiger partial charge in [0.2, 0.25) is 0 Å². The van der Waals surface area contributed by atoms with Gasteiger partial charge in [0.15, 0.2) is 11.0 Å². The van der Waals surface area contributed by atoms with E-state index < -0.39 is 0 Å². The Bertz CT molecular complexity index is 1120. The van der Waals surface area contributed by atoms with Gasteiger partial charge in [-0.15, -0.1) is 22.0 Å². The fourth-order valence-electron chi connectivity index (χ4n) is 3.32. The number of hydrogen-bond acceptors (Lipinski definition) is 4. The first kappa shape index (κ1) is 17.8. The van der Waals surface area contributed by atoms with Crippen LogP contribution in [0.4, 0.5) is 4.39 Å². The van der Waals surface area contributed by atoms with Crippen molar-refractivity contribution in [1.82, 2.24) is 19.7 Å². The van der Waals surface area contributed by atoms with E-state index in [-0.39, 0.29) is 5.82 Å². The van der Waals surface area contributed by atoms with Gasteiger partial charge in [0.1, 0.15) is 5.82 Å². The van der Waals surface area contributed by atoms with E-state index in [4.69, 9.17) is 0 Å². The molecule has 1 aliphatic rings. The van der Waals surface area contributed by atoms with Gasteiger partial charge in [-0.2, -0.15) is 0 Å². The zero-order valence-corrected chi connectivity index (χ0v) is 16.8. The van der Waals surface area contributed by atoms with Crippen LogP contribution in [-0.2, 0) is 0 Å². The maximum atomic E-state index is 13.7. The Balaban J connectivity index is 1.34. The van der Waals surface area contributed by atoms with Gasteiger partial charge in [-0.3, -0.25) is 4.57 Å². The molecular weight excluding hydrogens is 391 g/mol. The molecule has 0 radical (unpaired) electrons. The first-order valence-electron chi connectivity index (χ1n) is 9.33. The molecule has 0 spiro atoms. The Labute approximate surface area is 170 Å². The molecule has 1 N–H and O–H groups in total. The Morgan fingerprint density at radius 3 is 2.64 bits per heavy atom. The van der Waals surface area contributed by atoms with Crippen LogP contribution in [0.3, 0.4) is 0 Å². The lowest BCUT2D eigenvalue weighted by Gasteiger charge is -2.08. The standard InChI is InChI=1S/C21H19FN4S2/c22-17-6-2-4-8-19(17)27-11-12-28-21-25-24-20(26(21)14-9-10-14)16-13-23-18-7-3-1-5-15(16)18/h1-8,13-14,23H,9-12H2. The van der Waals surface area contributed by atoms with Gasteiger partial charge in [-0.05, 0) is 31.0 Å². The number of H-pyrrole nitrogens is 1. The molecule has 28 heavy (non-hydrogen) atoms. The van der Waals surface area contributed by atoms with Crippen LogP contribution in [0, 0.1) is 5.82 Å². The minimum absolute atomic E-state index is 0.153. The average molecular weight is 411 g/mol. The lowest BCUT2D eigenvalue weighted by molar-refractivity contribution is 0.602. The zero-order chi connectivity index (χ0) is 18.9. The third-order valence-electron chi connectivity index (χ3n) is 4.82. The van der Waals surface area contributed by atoms with Crippen LogP contribution < -0.4 is 0 Å². The number of thioether (sulfide) groups is 2. The molecule has 0 bridgehead atoms. The Hall–Kier alpha value is -2.25. The van der Waals surface area contributed by atoms with E-state index in [1.165, 1.54) is 24.3 Å². The summed E-state index contributed by atoms with van der Waals surface area (Å²) in [5.74, 6) is 2.47. The highest BCUT2D eigenvalue weighted by Crippen LogP contribution is 2.42. The van der Waals surface area contributed by atoms with Gasteiger partial charge in [0.25, 0.3) is 0 Å². The second-order valence-corrected chi connectivity index (χ2v) is 8.98. The topological polar surface area (TPSA) is 46.5 Å². The second-order valence-electron chi connectivity index (χ2n) is 6.78. The Morgan fingerprint density at radius 2 is 1.79 bits per heavy atom. The summed E-state index contributed by atoms with van der Waals surface area (Å²) >= 11 is 3.24. The third kappa shape index (κ3) is 3.44. The van der Waals surface area contributed by atoms with Crippen molar-refractivity contribution in [3.05, 3.63) is 60.5 Å². The Kier molecular flexibility index (Phi) is 4.86. The molecule has 4 aromatic rings. The molecule has 0 atom stereocenters. The number of nitrogens with zero attached hydrogens (tertiary/aromatic N) is 3. The summed E-state index contributed by atoms with van der Waals surface area (Å²) in [6, 6.07) is 15.7. The summed E-state index contributed by atoms with van der Waals surface area (Å²) in [6.45, 7) is 0. The van der Waals surface area contributed by atoms with Gasteiger partial charge in [0, 0.05) is 45.1 Å². The SMILES string of the molecule is Fc1ccccc1SCCSc1nnc(-c2c[nH]c3ccccc23)n1C1CC1. The van der Waals surface area contributed by atoms with Gasteiger partial charge in [0.05, 0.1) is 0 Å². The number of halogens is 1. The average Bonchev–Trinajstić information content (AvgIpc) is 3.33. The van der Waals surface area contributed by atoms with Crippen LogP contribution >= 0.6 is 23.5 Å². The third-order valence-corrected chi connectivity index (χ3v) is 7.07. The van der Waals surface area contributed by atoms with Crippen molar-refractivity contribution in [1.29, 1.82) is 0 Å². The maximum absolute atomic E-state index is 13.7. The largest absolute Gasteiger partial charge is 0.360 e. The molecule has 4 nitrogen and oxygen atoms in total. The zero-order valence-electron chi connectivity index (χ0n) is 15.1. The molecule has 5 rings (SSSR count). The molecule has 0 amide bonds. The van der Waals surface area contributed by atoms with Crippen molar-refractivity contribution in [2.24, 2.45) is 0 Å². The smallest absolute Gasteiger partial charge is 0.191 e. The molecule has 2 aromatic heterocycles. The van der Waals surface area contributed by atoms with Crippen LogP contribution in [0.2, 0.25) is 0 Å². The first-order chi connectivity index (χ1) is 13.8. The predicted molar refractivity (Wildman–Crippen MR) is 113 cm³/mol. The van der Waals surface area contributed by atoms with E-state index in [9.17, 15) is 4.39 Å². The van der Waals surface area contributed by atoms with E-state index >= 15 is 0 Å². The summed E-state index contributed by atoms with van der Waals surface area (Å²) in [7, 11) is 0. The molecule has 2 heterocycles. The van der Waals surface area contributed by atoms with E-state index in [0.717, 1.165) is 33.6 Å². The van der Waals surface area contributed by atoms with E-state index in [1.54, 1.807) is 29.6 Å². The van der Waals surface area contributed by atoms with Crippen molar-refractivity contribution in [3.63, 3.8) is 0 Å². The molecular formula is C21H19FN4S2. The molecule has 0 saturated heterocycles. The van der Waals surface area contributed by atoms with Gasteiger partial charge in [-0.25, -0.2) is 4.39 Å². The summed E-state index contributed by atoms with van der Waals surface area (Å²) < 4.78 is 16.0. The number of aromatic nitrogens is 4. The van der Waals surface area contributed by atoms with Crippen LogP contribution in [0.1, 0.15) is 18.9 Å². The summed E-state index contributed by atoms with van der Waals surface area (Å²) in [4.78, 5) is 4.03. The second kappa shape index (κ2) is 7.64. The number of aromatic amines is 1. The normalized spacial score (nSPS) is 14.0. The van der Waals surface area contributed by atoms with Gasteiger partial charge in [-0.1, -0.05) is 42.1 Å². The number of rotatable bonds is 7. The summed E-state index contributed by atoms with van der Waals surface area (Å²) in [6.07, 6.45) is 4.37. The highest BCUT2D eigenvalue weighted by molar-refractivity contribution is 8.02. The van der Waals surface area contributed by atoms with Crippen molar-refractivity contribution >= 4 is 34.4 Å². The number of nitrogens with one attached hydrogen (secondary N) is 1. The van der Waals surface area contributed by atoms with Gasteiger partial charge >= 0.3 is 0 Å². The van der Waals surface area contributed by atoms with Crippen LogP contribution in [0.25, 0.3) is 22.3 Å².